The van der Waals surface area contributed by atoms with Crippen molar-refractivity contribution >= 4 is 40.6 Å². The minimum atomic E-state index is -0.321. The quantitative estimate of drug-likeness (QED) is 0.578. The molecular weight excluding hydrogens is 302 g/mol. The van der Waals surface area contributed by atoms with Crippen LogP contribution in [0.25, 0.3) is 0 Å². The molecule has 7 nitrogen and oxygen atoms in total. The molecule has 2 rings (SSSR count). The maximum absolute atomic E-state index is 11.8. The highest BCUT2D eigenvalue weighted by Crippen LogP contribution is 2.22. The second kappa shape index (κ2) is 6.02. The maximum Gasteiger partial charge on any atom is 0.343 e. The summed E-state index contributed by atoms with van der Waals surface area (Å²) in [6.45, 7) is 0. The normalized spacial score (nSPS) is 10.5. The number of carbonyl (C=O) groups is 1. The molecule has 2 aromatic rings. The van der Waals surface area contributed by atoms with Crippen LogP contribution in [0, 0.1) is 0 Å². The zero-order valence-corrected chi connectivity index (χ0v) is 12.1. The van der Waals surface area contributed by atoms with E-state index in [9.17, 15) is 9.59 Å². The third-order valence-corrected chi connectivity index (χ3v) is 3.82. The number of nitrogens with two attached hydrogens (primary N) is 1. The van der Waals surface area contributed by atoms with Crippen LogP contribution < -0.4 is 16.7 Å². The van der Waals surface area contributed by atoms with E-state index in [0.29, 0.717) is 21.6 Å². The molecule has 0 saturated carbocycles. The van der Waals surface area contributed by atoms with Crippen molar-refractivity contribution in [2.75, 3.05) is 16.8 Å². The number of nitrogens with zero attached hydrogens (tertiary/aromatic N) is 2. The molecule has 0 aliphatic heterocycles. The van der Waals surface area contributed by atoms with Crippen molar-refractivity contribution < 1.29 is 4.79 Å². The highest BCUT2D eigenvalue weighted by Gasteiger charge is 2.09. The molecule has 0 radical (unpaired) electrons. The molecule has 1 aromatic carbocycles. The van der Waals surface area contributed by atoms with Crippen LogP contribution in [0.5, 0.6) is 0 Å². The zero-order valence-electron chi connectivity index (χ0n) is 10.5. The van der Waals surface area contributed by atoms with Gasteiger partial charge in [-0.1, -0.05) is 23.4 Å². The van der Waals surface area contributed by atoms with Gasteiger partial charge < -0.3 is 11.1 Å². The highest BCUT2D eigenvalue weighted by molar-refractivity contribution is 7.99. The van der Waals surface area contributed by atoms with Crippen LogP contribution in [0.3, 0.4) is 0 Å². The van der Waals surface area contributed by atoms with Gasteiger partial charge in [0.1, 0.15) is 0 Å². The van der Waals surface area contributed by atoms with Crippen molar-refractivity contribution in [2.45, 2.75) is 5.16 Å². The van der Waals surface area contributed by atoms with E-state index < -0.39 is 0 Å². The molecule has 1 aromatic heterocycles. The Kier molecular flexibility index (Phi) is 4.35. The third-order valence-electron chi connectivity index (χ3n) is 2.45. The molecule has 0 bridgehead atoms. The summed E-state index contributed by atoms with van der Waals surface area (Å²) >= 11 is 6.95. The van der Waals surface area contributed by atoms with Crippen molar-refractivity contribution in [1.82, 2.24) is 14.8 Å². The van der Waals surface area contributed by atoms with E-state index in [-0.39, 0.29) is 17.3 Å². The van der Waals surface area contributed by atoms with Crippen LogP contribution in [0.15, 0.2) is 28.2 Å². The highest BCUT2D eigenvalue weighted by atomic mass is 35.5. The smallest absolute Gasteiger partial charge is 0.343 e. The van der Waals surface area contributed by atoms with E-state index in [0.717, 1.165) is 11.8 Å². The van der Waals surface area contributed by atoms with Gasteiger partial charge in [0.05, 0.1) is 16.5 Å². The van der Waals surface area contributed by atoms with Gasteiger partial charge in [-0.05, 0) is 18.2 Å². The van der Waals surface area contributed by atoms with E-state index >= 15 is 0 Å². The predicted octanol–water partition coefficient (Wildman–Crippen LogP) is 1.07. The number of amides is 1. The first-order valence-electron chi connectivity index (χ1n) is 5.56. The summed E-state index contributed by atoms with van der Waals surface area (Å²) in [6, 6.07) is 4.85. The first-order chi connectivity index (χ1) is 9.47. The number of nitrogens with one attached hydrogen (secondary N) is 2. The fraction of sp³-hybridized carbons (Fsp3) is 0.182. The number of benzene rings is 1. The Bertz CT molecular complexity index is 696. The lowest BCUT2D eigenvalue weighted by Crippen LogP contribution is -2.16. The molecule has 0 spiro atoms. The Labute approximate surface area is 123 Å². The standard InChI is InChI=1S/C11H12ClN5O2S/c1-17-10(19)15-16-11(17)20-5-9(18)14-6-2-3-7(12)8(13)4-6/h2-4H,5,13H2,1H3,(H,14,18)(H,15,19). The lowest BCUT2D eigenvalue weighted by Gasteiger charge is -2.06. The molecule has 0 fully saturated rings. The topological polar surface area (TPSA) is 106 Å². The SMILES string of the molecule is Cn1c(SCC(=O)Nc2ccc(Cl)c(N)c2)n[nH]c1=O. The van der Waals surface area contributed by atoms with Gasteiger partial charge in [0.15, 0.2) is 5.16 Å². The summed E-state index contributed by atoms with van der Waals surface area (Å²) < 4.78 is 1.33. The minimum Gasteiger partial charge on any atom is -0.397 e. The molecule has 1 amide bonds. The Morgan fingerprint density at radius 1 is 1.60 bits per heavy atom. The molecule has 1 heterocycles. The van der Waals surface area contributed by atoms with Gasteiger partial charge in [-0.3, -0.25) is 9.36 Å². The van der Waals surface area contributed by atoms with Crippen LogP contribution in [0.1, 0.15) is 0 Å². The molecule has 20 heavy (non-hydrogen) atoms. The number of hydrogen-bond donors (Lipinski definition) is 3. The van der Waals surface area contributed by atoms with Crippen molar-refractivity contribution in [1.29, 1.82) is 0 Å². The maximum atomic E-state index is 11.8. The summed E-state index contributed by atoms with van der Waals surface area (Å²) in [6.07, 6.45) is 0. The van der Waals surface area contributed by atoms with Crippen molar-refractivity contribution in [3.8, 4) is 0 Å². The van der Waals surface area contributed by atoms with Gasteiger partial charge in [-0.25, -0.2) is 9.89 Å². The van der Waals surface area contributed by atoms with Crippen LogP contribution in [-0.4, -0.2) is 26.4 Å². The number of anilines is 2. The van der Waals surface area contributed by atoms with Gasteiger partial charge in [0.25, 0.3) is 0 Å². The monoisotopic (exact) mass is 313 g/mol. The Morgan fingerprint density at radius 2 is 2.35 bits per heavy atom. The number of thioether (sulfide) groups is 1. The average molecular weight is 314 g/mol. The van der Waals surface area contributed by atoms with E-state index in [2.05, 4.69) is 15.5 Å². The van der Waals surface area contributed by atoms with Gasteiger partial charge in [-0.15, -0.1) is 5.10 Å². The molecule has 0 saturated heterocycles. The Morgan fingerprint density at radius 3 is 2.95 bits per heavy atom. The lowest BCUT2D eigenvalue weighted by atomic mass is 10.3. The summed E-state index contributed by atoms with van der Waals surface area (Å²) in [5, 5.41) is 9.65. The van der Waals surface area contributed by atoms with Crippen LogP contribution >= 0.6 is 23.4 Å². The second-order valence-corrected chi connectivity index (χ2v) is 5.29. The average Bonchev–Trinajstić information content (AvgIpc) is 2.72. The molecule has 0 atom stereocenters. The number of H-pyrrole nitrogens is 1. The van der Waals surface area contributed by atoms with Crippen LogP contribution in [0.4, 0.5) is 11.4 Å². The number of aromatic amines is 1. The number of carbonyl (C=O) groups excluding carboxylic acids is 1. The number of halogens is 1. The molecule has 9 heteroatoms. The van der Waals surface area contributed by atoms with Crippen molar-refractivity contribution in [3.05, 3.63) is 33.7 Å². The van der Waals surface area contributed by atoms with E-state index in [1.165, 1.54) is 4.57 Å². The first kappa shape index (κ1) is 14.5. The van der Waals surface area contributed by atoms with Gasteiger partial charge >= 0.3 is 5.69 Å². The largest absolute Gasteiger partial charge is 0.397 e. The fourth-order valence-electron chi connectivity index (χ4n) is 1.41. The number of aromatic nitrogens is 3. The van der Waals surface area contributed by atoms with Crippen LogP contribution in [-0.2, 0) is 11.8 Å². The lowest BCUT2D eigenvalue weighted by molar-refractivity contribution is -0.113. The third kappa shape index (κ3) is 3.34. The van der Waals surface area contributed by atoms with E-state index in [1.54, 1.807) is 25.2 Å². The van der Waals surface area contributed by atoms with Gasteiger partial charge in [0.2, 0.25) is 5.91 Å². The Hall–Kier alpha value is -1.93. The fourth-order valence-corrected chi connectivity index (χ4v) is 2.25. The molecule has 106 valence electrons. The number of rotatable bonds is 4. The minimum absolute atomic E-state index is 0.126. The van der Waals surface area contributed by atoms with Crippen molar-refractivity contribution in [2.24, 2.45) is 7.05 Å². The molecule has 4 N–H and O–H groups in total. The second-order valence-electron chi connectivity index (χ2n) is 3.94. The molecular formula is C11H12ClN5O2S. The molecule has 0 aliphatic carbocycles. The Balaban J connectivity index is 1.94. The van der Waals surface area contributed by atoms with Gasteiger partial charge in [0, 0.05) is 12.7 Å². The number of hydrogen-bond acceptors (Lipinski definition) is 5. The number of nitrogen functional groups attached to an aromatic ring is 1. The summed E-state index contributed by atoms with van der Waals surface area (Å²) in [5.41, 5.74) is 6.28. The summed E-state index contributed by atoms with van der Waals surface area (Å²) in [5.74, 6) is -0.104. The first-order valence-corrected chi connectivity index (χ1v) is 6.93. The van der Waals surface area contributed by atoms with E-state index in [4.69, 9.17) is 17.3 Å². The molecule has 0 aliphatic rings. The zero-order chi connectivity index (χ0) is 14.7. The predicted molar refractivity (Wildman–Crippen MR) is 79.0 cm³/mol. The van der Waals surface area contributed by atoms with Crippen molar-refractivity contribution in [3.63, 3.8) is 0 Å². The van der Waals surface area contributed by atoms with Gasteiger partial charge in [-0.2, -0.15) is 0 Å². The summed E-state index contributed by atoms with van der Waals surface area (Å²) in [7, 11) is 1.58. The van der Waals surface area contributed by atoms with E-state index in [1.807, 2.05) is 0 Å². The molecule has 0 unspecified atom stereocenters. The summed E-state index contributed by atoms with van der Waals surface area (Å²) in [4.78, 5) is 22.9. The van der Waals surface area contributed by atoms with Crippen LogP contribution in [0.2, 0.25) is 5.02 Å².